The van der Waals surface area contributed by atoms with Gasteiger partial charge in [0.15, 0.2) is 0 Å². The van der Waals surface area contributed by atoms with Crippen LogP contribution in [0.25, 0.3) is 0 Å². The van der Waals surface area contributed by atoms with Crippen LogP contribution in [0.2, 0.25) is 0 Å². The Kier molecular flexibility index (Phi) is 5.05. The number of ether oxygens (including phenoxy) is 2. The molecule has 0 spiro atoms. The van der Waals surface area contributed by atoms with E-state index in [2.05, 4.69) is 9.47 Å². The van der Waals surface area contributed by atoms with Crippen LogP contribution < -0.4 is 0 Å². The van der Waals surface area contributed by atoms with Crippen molar-refractivity contribution in [2.24, 2.45) is 5.92 Å². The zero-order valence-electron chi connectivity index (χ0n) is 9.09. The summed E-state index contributed by atoms with van der Waals surface area (Å²) >= 11 is 0. The first-order valence-electron chi connectivity index (χ1n) is 4.95. The number of hydrogen-bond acceptors (Lipinski definition) is 4. The van der Waals surface area contributed by atoms with Crippen molar-refractivity contribution in [1.29, 1.82) is 0 Å². The molecule has 0 aliphatic carbocycles. The fraction of sp³-hybridized carbons (Fsp3) is 0.333. The molecule has 0 heterocycles. The van der Waals surface area contributed by atoms with Crippen molar-refractivity contribution in [1.82, 2.24) is 0 Å². The second-order valence-corrected chi connectivity index (χ2v) is 3.34. The fourth-order valence-corrected chi connectivity index (χ4v) is 1.43. The summed E-state index contributed by atoms with van der Waals surface area (Å²) in [6, 6.07) is 9.51. The Labute approximate surface area is 94.2 Å². The number of methoxy groups -OCH3 is 1. The molecule has 0 saturated heterocycles. The highest BCUT2D eigenvalue weighted by molar-refractivity contribution is 5.73. The molecule has 4 heteroatoms. The van der Waals surface area contributed by atoms with Gasteiger partial charge in [0.2, 0.25) is 0 Å². The third-order valence-electron chi connectivity index (χ3n) is 2.22. The van der Waals surface area contributed by atoms with E-state index < -0.39 is 5.92 Å². The molecule has 1 aromatic carbocycles. The maximum absolute atomic E-state index is 11.4. The molecule has 0 aliphatic rings. The summed E-state index contributed by atoms with van der Waals surface area (Å²) in [7, 11) is 1.32. The Morgan fingerprint density at radius 2 is 2.06 bits per heavy atom. The topological polar surface area (TPSA) is 52.6 Å². The molecule has 1 unspecified atom stereocenters. The second kappa shape index (κ2) is 6.61. The third kappa shape index (κ3) is 3.73. The molecule has 0 bridgehead atoms. The number of carbonyl (C=O) groups excluding carboxylic acids is 2. The average Bonchev–Trinajstić information content (AvgIpc) is 2.34. The lowest BCUT2D eigenvalue weighted by Gasteiger charge is -2.13. The molecule has 86 valence electrons. The summed E-state index contributed by atoms with van der Waals surface area (Å²) in [5.41, 5.74) is 1.01. The van der Waals surface area contributed by atoms with Gasteiger partial charge < -0.3 is 9.47 Å². The third-order valence-corrected chi connectivity index (χ3v) is 2.22. The molecule has 0 N–H and O–H groups in total. The Morgan fingerprint density at radius 1 is 1.38 bits per heavy atom. The van der Waals surface area contributed by atoms with Gasteiger partial charge >= 0.3 is 5.97 Å². The van der Waals surface area contributed by atoms with Crippen LogP contribution in [-0.4, -0.2) is 26.2 Å². The molecule has 1 aromatic rings. The molecule has 0 amide bonds. The average molecular weight is 222 g/mol. The normalized spacial score (nSPS) is 11.6. The maximum Gasteiger partial charge on any atom is 0.312 e. The van der Waals surface area contributed by atoms with Crippen molar-refractivity contribution in [3.8, 4) is 0 Å². The highest BCUT2D eigenvalue weighted by atomic mass is 16.5. The highest BCUT2D eigenvalue weighted by Crippen LogP contribution is 2.10. The van der Waals surface area contributed by atoms with Crippen molar-refractivity contribution in [2.75, 3.05) is 13.7 Å². The minimum atomic E-state index is -0.447. The van der Waals surface area contributed by atoms with Crippen molar-refractivity contribution in [3.63, 3.8) is 0 Å². The Balaban J connectivity index is 2.63. The molecule has 0 saturated carbocycles. The van der Waals surface area contributed by atoms with E-state index in [1.165, 1.54) is 7.11 Å². The van der Waals surface area contributed by atoms with Gasteiger partial charge in [-0.05, 0) is 12.0 Å². The van der Waals surface area contributed by atoms with Crippen LogP contribution in [0.3, 0.4) is 0 Å². The first-order valence-corrected chi connectivity index (χ1v) is 4.95. The molecule has 0 aromatic heterocycles. The van der Waals surface area contributed by atoms with Gasteiger partial charge in [-0.25, -0.2) is 0 Å². The van der Waals surface area contributed by atoms with Gasteiger partial charge in [-0.3, -0.25) is 9.59 Å². The van der Waals surface area contributed by atoms with E-state index in [0.29, 0.717) is 12.9 Å². The van der Waals surface area contributed by atoms with E-state index in [9.17, 15) is 9.59 Å². The number of esters is 1. The second-order valence-electron chi connectivity index (χ2n) is 3.34. The summed E-state index contributed by atoms with van der Waals surface area (Å²) in [6.07, 6.45) is 0.501. The lowest BCUT2D eigenvalue weighted by Crippen LogP contribution is -2.23. The first-order chi connectivity index (χ1) is 7.77. The van der Waals surface area contributed by atoms with E-state index in [1.807, 2.05) is 30.3 Å². The molecule has 16 heavy (non-hydrogen) atoms. The van der Waals surface area contributed by atoms with Crippen molar-refractivity contribution >= 4 is 12.4 Å². The first kappa shape index (κ1) is 12.2. The zero-order chi connectivity index (χ0) is 11.8. The lowest BCUT2D eigenvalue weighted by molar-refractivity contribution is -0.148. The van der Waals surface area contributed by atoms with E-state index >= 15 is 0 Å². The van der Waals surface area contributed by atoms with Crippen molar-refractivity contribution in [3.05, 3.63) is 35.9 Å². The van der Waals surface area contributed by atoms with Crippen LogP contribution in [-0.2, 0) is 25.5 Å². The molecule has 0 radical (unpaired) electrons. The van der Waals surface area contributed by atoms with E-state index in [1.54, 1.807) is 0 Å². The minimum Gasteiger partial charge on any atom is -0.469 e. The molecular formula is C12H14O4. The Bertz CT molecular complexity index is 334. The Morgan fingerprint density at radius 3 is 2.62 bits per heavy atom. The molecule has 0 fully saturated rings. The smallest absolute Gasteiger partial charge is 0.312 e. The van der Waals surface area contributed by atoms with Gasteiger partial charge in [-0.15, -0.1) is 0 Å². The van der Waals surface area contributed by atoms with Gasteiger partial charge in [-0.2, -0.15) is 0 Å². The summed E-state index contributed by atoms with van der Waals surface area (Å²) in [6.45, 7) is 0.381. The van der Waals surface area contributed by atoms with Gasteiger partial charge in [0.05, 0.1) is 13.0 Å². The van der Waals surface area contributed by atoms with Crippen LogP contribution in [0.1, 0.15) is 5.56 Å². The minimum absolute atomic E-state index is 0.0467. The van der Waals surface area contributed by atoms with Gasteiger partial charge in [-0.1, -0.05) is 30.3 Å². The number of hydrogen-bond donors (Lipinski definition) is 0. The number of rotatable bonds is 6. The van der Waals surface area contributed by atoms with Gasteiger partial charge in [0.25, 0.3) is 6.47 Å². The van der Waals surface area contributed by atoms with E-state index in [0.717, 1.165) is 5.56 Å². The maximum atomic E-state index is 11.4. The molecule has 1 atom stereocenters. The van der Waals surface area contributed by atoms with E-state index in [4.69, 9.17) is 0 Å². The SMILES string of the molecule is COC(=O)C(COC=O)Cc1ccccc1. The predicted molar refractivity (Wildman–Crippen MR) is 57.7 cm³/mol. The number of carbonyl (C=O) groups is 2. The van der Waals surface area contributed by atoms with Crippen LogP contribution in [0.5, 0.6) is 0 Å². The fourth-order valence-electron chi connectivity index (χ4n) is 1.43. The van der Waals surface area contributed by atoms with Gasteiger partial charge in [0, 0.05) is 0 Å². The van der Waals surface area contributed by atoms with Crippen molar-refractivity contribution in [2.45, 2.75) is 6.42 Å². The highest BCUT2D eigenvalue weighted by Gasteiger charge is 2.20. The monoisotopic (exact) mass is 222 g/mol. The summed E-state index contributed by atoms with van der Waals surface area (Å²) in [4.78, 5) is 21.5. The largest absolute Gasteiger partial charge is 0.469 e. The van der Waals surface area contributed by atoms with Crippen LogP contribution in [0, 0.1) is 5.92 Å². The summed E-state index contributed by atoms with van der Waals surface area (Å²) in [5.74, 6) is -0.816. The zero-order valence-corrected chi connectivity index (χ0v) is 9.09. The van der Waals surface area contributed by atoms with E-state index in [-0.39, 0.29) is 12.6 Å². The summed E-state index contributed by atoms with van der Waals surface area (Å²) in [5, 5.41) is 0. The standard InChI is InChI=1S/C12H14O4/c1-15-12(14)11(8-16-9-13)7-10-5-3-2-4-6-10/h2-6,9,11H,7-8H2,1H3. The molecule has 4 nitrogen and oxygen atoms in total. The number of benzene rings is 1. The predicted octanol–water partition coefficient (Wildman–Crippen LogP) is 1.19. The van der Waals surface area contributed by atoms with Crippen molar-refractivity contribution < 1.29 is 19.1 Å². The van der Waals surface area contributed by atoms with Gasteiger partial charge in [0.1, 0.15) is 6.61 Å². The quantitative estimate of drug-likeness (QED) is 0.536. The molecule has 1 rings (SSSR count). The molecular weight excluding hydrogens is 208 g/mol. The van der Waals surface area contributed by atoms with Crippen LogP contribution >= 0.6 is 0 Å². The lowest BCUT2D eigenvalue weighted by atomic mass is 10.0. The molecule has 0 aliphatic heterocycles. The summed E-state index contributed by atoms with van der Waals surface area (Å²) < 4.78 is 9.26. The van der Waals surface area contributed by atoms with Crippen LogP contribution in [0.15, 0.2) is 30.3 Å². The Hall–Kier alpha value is -1.84. The van der Waals surface area contributed by atoms with Crippen LogP contribution in [0.4, 0.5) is 0 Å².